The van der Waals surface area contributed by atoms with Crippen molar-refractivity contribution < 1.29 is 4.39 Å². The topological polar surface area (TPSA) is 125 Å². The van der Waals surface area contributed by atoms with E-state index in [2.05, 4.69) is 50.6 Å². The van der Waals surface area contributed by atoms with Crippen molar-refractivity contribution in [2.75, 3.05) is 10.6 Å². The fraction of sp³-hybridized carbons (Fsp3) is 0.226. The van der Waals surface area contributed by atoms with Gasteiger partial charge in [0, 0.05) is 35.7 Å². The first-order valence-electron chi connectivity index (χ1n) is 13.7. The lowest BCUT2D eigenvalue weighted by molar-refractivity contribution is 0.260. The lowest BCUT2D eigenvalue weighted by Crippen LogP contribution is -2.45. The van der Waals surface area contributed by atoms with Crippen LogP contribution in [0.2, 0.25) is 0 Å². The van der Waals surface area contributed by atoms with Crippen LogP contribution in [-0.4, -0.2) is 28.9 Å². The fourth-order valence-corrected chi connectivity index (χ4v) is 5.19. The number of pyridine rings is 2. The second-order valence-electron chi connectivity index (χ2n) is 10.4. The highest BCUT2D eigenvalue weighted by atomic mass is 19.1. The van der Waals surface area contributed by atoms with Gasteiger partial charge >= 0.3 is 0 Å². The van der Waals surface area contributed by atoms with Crippen molar-refractivity contribution >= 4 is 30.1 Å². The number of hydrogen-bond acceptors (Lipinski definition) is 9. The van der Waals surface area contributed by atoms with Gasteiger partial charge in [0.2, 0.25) is 5.95 Å². The van der Waals surface area contributed by atoms with Crippen LogP contribution in [0.25, 0.3) is 10.9 Å². The Balaban J connectivity index is 1.47. The summed E-state index contributed by atoms with van der Waals surface area (Å²) in [4.78, 5) is 8.30. The van der Waals surface area contributed by atoms with Gasteiger partial charge in [0.25, 0.3) is 0 Å². The Hall–Kier alpha value is -5.13. The van der Waals surface area contributed by atoms with Crippen LogP contribution in [-0.2, 0) is 5.44 Å². The van der Waals surface area contributed by atoms with Crippen LogP contribution in [0, 0.1) is 28.6 Å². The molecule has 4 N–H and O–H groups in total. The van der Waals surface area contributed by atoms with E-state index in [1.807, 2.05) is 47.6 Å². The molecule has 2 atom stereocenters. The van der Waals surface area contributed by atoms with Gasteiger partial charge in [-0.3, -0.25) is 9.99 Å². The van der Waals surface area contributed by atoms with E-state index < -0.39 is 11.4 Å². The first kappa shape index (κ1) is 27.1. The van der Waals surface area contributed by atoms with Crippen molar-refractivity contribution in [3.05, 3.63) is 107 Å². The maximum Gasteiger partial charge on any atom is 0.212 e. The Morgan fingerprint density at radius 2 is 1.88 bits per heavy atom. The quantitative estimate of drug-likeness (QED) is 0.170. The third kappa shape index (κ3) is 5.07. The lowest BCUT2D eigenvalue weighted by Gasteiger charge is -2.34. The molecule has 1 unspecified atom stereocenters. The minimum absolute atomic E-state index is 0.0859. The van der Waals surface area contributed by atoms with Gasteiger partial charge in [-0.25, -0.2) is 4.98 Å². The zero-order chi connectivity index (χ0) is 29.3. The summed E-state index contributed by atoms with van der Waals surface area (Å²) in [5.74, 6) is -0.626. The van der Waals surface area contributed by atoms with Gasteiger partial charge in [0.1, 0.15) is 20.0 Å². The second kappa shape index (κ2) is 11.0. The van der Waals surface area contributed by atoms with E-state index in [-0.39, 0.29) is 6.04 Å². The summed E-state index contributed by atoms with van der Waals surface area (Å²) < 4.78 is 13.8. The monoisotopic (exact) mass is 555 g/mol. The minimum atomic E-state index is -1.39. The SMILES string of the molecule is [B]C(Nc1cc(C#N)c2ncc(C#N)c(N[C@H](CC)c3ccccc3)c2c1)(C1=CN(C2CC2)NN1)c1ccc(F)nc1. The molecule has 9 nitrogen and oxygen atoms in total. The molecule has 2 aliphatic rings. The van der Waals surface area contributed by atoms with Crippen molar-refractivity contribution in [3.63, 3.8) is 0 Å². The summed E-state index contributed by atoms with van der Waals surface area (Å²) in [6.07, 6.45) is 7.63. The maximum atomic E-state index is 13.8. The third-order valence-electron chi connectivity index (χ3n) is 7.62. The van der Waals surface area contributed by atoms with E-state index in [4.69, 9.17) is 7.85 Å². The number of hydrazine groups is 2. The number of nitrogens with zero attached hydrogens (tertiary/aromatic N) is 5. The normalized spacial score (nSPS) is 16.5. The molecule has 0 amide bonds. The van der Waals surface area contributed by atoms with Crippen molar-refractivity contribution in [2.24, 2.45) is 0 Å². The Kier molecular flexibility index (Phi) is 7.11. The Morgan fingerprint density at radius 1 is 1.10 bits per heavy atom. The third-order valence-corrected chi connectivity index (χ3v) is 7.62. The van der Waals surface area contributed by atoms with Crippen LogP contribution in [0.4, 0.5) is 15.8 Å². The summed E-state index contributed by atoms with van der Waals surface area (Å²) in [7, 11) is 7.06. The predicted octanol–water partition coefficient (Wildman–Crippen LogP) is 4.84. The molecule has 3 heterocycles. The van der Waals surface area contributed by atoms with Crippen molar-refractivity contribution in [2.45, 2.75) is 43.7 Å². The van der Waals surface area contributed by atoms with Crippen LogP contribution in [0.5, 0.6) is 0 Å². The molecule has 42 heavy (non-hydrogen) atoms. The molecular weight excluding hydrogens is 528 g/mol. The fourth-order valence-electron chi connectivity index (χ4n) is 5.19. The zero-order valence-electron chi connectivity index (χ0n) is 22.9. The maximum absolute atomic E-state index is 13.8. The molecule has 1 aliphatic carbocycles. The average Bonchev–Trinajstić information content (AvgIpc) is 3.75. The van der Waals surface area contributed by atoms with Gasteiger partial charge in [0.15, 0.2) is 0 Å². The largest absolute Gasteiger partial charge is 0.378 e. The number of rotatable bonds is 9. The van der Waals surface area contributed by atoms with Gasteiger partial charge in [0.05, 0.1) is 39.5 Å². The van der Waals surface area contributed by atoms with E-state index in [9.17, 15) is 14.9 Å². The number of anilines is 2. The number of nitriles is 2. The Morgan fingerprint density at radius 3 is 2.55 bits per heavy atom. The van der Waals surface area contributed by atoms with Crippen LogP contribution in [0.15, 0.2) is 78.9 Å². The molecule has 6 rings (SSSR count). The molecule has 1 fully saturated rings. The van der Waals surface area contributed by atoms with Crippen molar-refractivity contribution in [1.82, 2.24) is 25.9 Å². The molecule has 0 spiro atoms. The first-order valence-corrected chi connectivity index (χ1v) is 13.7. The molecule has 2 aromatic carbocycles. The molecule has 2 aromatic heterocycles. The summed E-state index contributed by atoms with van der Waals surface area (Å²) in [5.41, 5.74) is 9.23. The molecule has 206 valence electrons. The van der Waals surface area contributed by atoms with Crippen LogP contribution in [0.1, 0.15) is 54.5 Å². The highest BCUT2D eigenvalue weighted by Crippen LogP contribution is 2.38. The number of benzene rings is 2. The number of fused-ring (bicyclic) bond motifs is 1. The second-order valence-corrected chi connectivity index (χ2v) is 10.4. The minimum Gasteiger partial charge on any atom is -0.378 e. The van der Waals surface area contributed by atoms with E-state index in [0.29, 0.717) is 50.7 Å². The molecule has 0 bridgehead atoms. The van der Waals surface area contributed by atoms with Gasteiger partial charge in [-0.1, -0.05) is 43.3 Å². The van der Waals surface area contributed by atoms with Crippen LogP contribution in [0.3, 0.4) is 0 Å². The molecule has 2 radical (unpaired) electrons. The highest BCUT2D eigenvalue weighted by Gasteiger charge is 2.38. The number of aromatic nitrogens is 2. The van der Waals surface area contributed by atoms with E-state index in [0.717, 1.165) is 24.8 Å². The van der Waals surface area contributed by atoms with Crippen molar-refractivity contribution in [3.8, 4) is 12.1 Å². The molecule has 11 heteroatoms. The standard InChI is InChI=1S/C31H27BFN9/c1-2-26(19-6-4-3-5-7-19)38-30-21(15-35)16-37-29-20(14-34)12-23(13-25(29)30)39-31(32,22-8-11-28(33)36-17-22)27-18-42(41-40-27)24-9-10-24/h3-8,11-13,16-18,24,26,39-41H,2,9-10H2,1H3,(H,37,38)/t26-,31?/m1/s1. The van der Waals surface area contributed by atoms with Gasteiger partial charge in [-0.15, -0.1) is 5.53 Å². The summed E-state index contributed by atoms with van der Waals surface area (Å²) in [5, 5.41) is 29.6. The number of nitrogens with one attached hydrogen (secondary N) is 4. The zero-order valence-corrected chi connectivity index (χ0v) is 22.9. The van der Waals surface area contributed by atoms with Crippen LogP contribution < -0.4 is 21.6 Å². The van der Waals surface area contributed by atoms with E-state index >= 15 is 0 Å². The van der Waals surface area contributed by atoms with E-state index in [1.165, 1.54) is 18.5 Å². The molecule has 4 aromatic rings. The Labute approximate surface area is 244 Å². The Bertz CT molecular complexity index is 1740. The van der Waals surface area contributed by atoms with E-state index in [1.54, 1.807) is 12.1 Å². The van der Waals surface area contributed by atoms with Gasteiger partial charge in [-0.2, -0.15) is 14.9 Å². The average molecular weight is 555 g/mol. The summed E-state index contributed by atoms with van der Waals surface area (Å²) in [6, 6.07) is 21.0. The number of halogens is 1. The smallest absolute Gasteiger partial charge is 0.212 e. The molecule has 1 aliphatic heterocycles. The first-order chi connectivity index (χ1) is 20.4. The van der Waals surface area contributed by atoms with Crippen molar-refractivity contribution in [1.29, 1.82) is 10.5 Å². The van der Waals surface area contributed by atoms with Gasteiger partial charge in [-0.05, 0) is 48.6 Å². The lowest BCUT2D eigenvalue weighted by atomic mass is 9.70. The molecular formula is C31H27BFN9. The number of hydrogen-bond donors (Lipinski definition) is 4. The molecule has 1 saturated carbocycles. The highest BCUT2D eigenvalue weighted by molar-refractivity contribution is 6.19. The molecule has 0 saturated heterocycles. The predicted molar refractivity (Wildman–Crippen MR) is 159 cm³/mol. The van der Waals surface area contributed by atoms with Crippen LogP contribution >= 0.6 is 0 Å². The summed E-state index contributed by atoms with van der Waals surface area (Å²) in [6.45, 7) is 2.06. The van der Waals surface area contributed by atoms with Gasteiger partial charge < -0.3 is 16.1 Å². The summed E-state index contributed by atoms with van der Waals surface area (Å²) >= 11 is 0.